The minimum Gasteiger partial charge on any atom is -0.460 e. The first-order valence-corrected chi connectivity index (χ1v) is 5.70. The van der Waals surface area contributed by atoms with Crippen molar-refractivity contribution >= 4 is 11.0 Å². The van der Waals surface area contributed by atoms with Gasteiger partial charge >= 0.3 is 0 Å². The van der Waals surface area contributed by atoms with Crippen molar-refractivity contribution in [2.24, 2.45) is 5.73 Å². The van der Waals surface area contributed by atoms with Gasteiger partial charge in [0, 0.05) is 11.4 Å². The minimum atomic E-state index is 0.429. The predicted molar refractivity (Wildman–Crippen MR) is 66.2 cm³/mol. The second-order valence-corrected chi connectivity index (χ2v) is 4.11. The molecule has 0 saturated heterocycles. The number of furan rings is 1. The highest BCUT2D eigenvalue weighted by molar-refractivity contribution is 5.77. The number of hydrogen-bond donors (Lipinski definition) is 2. The smallest absolute Gasteiger partial charge is 0.134 e. The summed E-state index contributed by atoms with van der Waals surface area (Å²) in [5.74, 6) is 0.977. The SMILES string of the molecule is CC(CCN)NCc1cc2ccccc2o1. The van der Waals surface area contributed by atoms with Crippen LogP contribution in [0.1, 0.15) is 19.1 Å². The van der Waals surface area contributed by atoms with Gasteiger partial charge in [-0.3, -0.25) is 0 Å². The number of fused-ring (bicyclic) bond motifs is 1. The van der Waals surface area contributed by atoms with Crippen molar-refractivity contribution in [3.8, 4) is 0 Å². The molecule has 1 atom stereocenters. The third-order valence-electron chi connectivity index (χ3n) is 2.70. The molecule has 0 bridgehead atoms. The van der Waals surface area contributed by atoms with Crippen LogP contribution >= 0.6 is 0 Å². The standard InChI is InChI=1S/C13H18N2O/c1-10(6-7-14)15-9-12-8-11-4-2-3-5-13(11)16-12/h2-5,8,10,15H,6-7,9,14H2,1H3. The lowest BCUT2D eigenvalue weighted by Crippen LogP contribution is -2.27. The molecule has 3 N–H and O–H groups in total. The molecule has 2 rings (SSSR count). The second kappa shape index (κ2) is 5.14. The molecular weight excluding hydrogens is 200 g/mol. The van der Waals surface area contributed by atoms with Gasteiger partial charge in [0.25, 0.3) is 0 Å². The van der Waals surface area contributed by atoms with Gasteiger partial charge in [0.05, 0.1) is 6.54 Å². The van der Waals surface area contributed by atoms with Crippen molar-refractivity contribution in [3.05, 3.63) is 36.1 Å². The third-order valence-corrected chi connectivity index (χ3v) is 2.70. The molecule has 0 radical (unpaired) electrons. The first-order valence-electron chi connectivity index (χ1n) is 5.70. The molecule has 0 aliphatic carbocycles. The summed E-state index contributed by atoms with van der Waals surface area (Å²) in [6.07, 6.45) is 0.986. The van der Waals surface area contributed by atoms with Gasteiger partial charge in [-0.2, -0.15) is 0 Å². The number of hydrogen-bond acceptors (Lipinski definition) is 3. The van der Waals surface area contributed by atoms with E-state index in [-0.39, 0.29) is 0 Å². The normalized spacial score (nSPS) is 13.1. The van der Waals surface area contributed by atoms with E-state index in [1.54, 1.807) is 0 Å². The molecule has 0 spiro atoms. The van der Waals surface area contributed by atoms with E-state index in [9.17, 15) is 0 Å². The summed E-state index contributed by atoms with van der Waals surface area (Å²) >= 11 is 0. The molecule has 1 aromatic carbocycles. The number of nitrogens with one attached hydrogen (secondary N) is 1. The van der Waals surface area contributed by atoms with E-state index in [1.807, 2.05) is 18.2 Å². The monoisotopic (exact) mass is 218 g/mol. The Morgan fingerprint density at radius 2 is 2.19 bits per heavy atom. The van der Waals surface area contributed by atoms with Crippen LogP contribution < -0.4 is 11.1 Å². The van der Waals surface area contributed by atoms with Gasteiger partial charge in [-0.05, 0) is 32.0 Å². The summed E-state index contributed by atoms with van der Waals surface area (Å²) in [6, 6.07) is 10.6. The lowest BCUT2D eigenvalue weighted by Gasteiger charge is -2.10. The fraction of sp³-hybridized carbons (Fsp3) is 0.385. The molecule has 1 aromatic heterocycles. The summed E-state index contributed by atoms with van der Waals surface area (Å²) in [4.78, 5) is 0. The molecule has 3 nitrogen and oxygen atoms in total. The number of rotatable bonds is 5. The largest absolute Gasteiger partial charge is 0.460 e. The molecule has 0 amide bonds. The molecule has 1 heterocycles. The molecular formula is C13H18N2O. The highest BCUT2D eigenvalue weighted by Gasteiger charge is 2.04. The van der Waals surface area contributed by atoms with Crippen LogP contribution in [0.4, 0.5) is 0 Å². The maximum absolute atomic E-state index is 5.70. The molecule has 16 heavy (non-hydrogen) atoms. The lowest BCUT2D eigenvalue weighted by molar-refractivity contribution is 0.462. The Balaban J connectivity index is 1.99. The number of para-hydroxylation sites is 1. The second-order valence-electron chi connectivity index (χ2n) is 4.11. The van der Waals surface area contributed by atoms with E-state index in [2.05, 4.69) is 24.4 Å². The highest BCUT2D eigenvalue weighted by Crippen LogP contribution is 2.18. The third kappa shape index (κ3) is 2.62. The van der Waals surface area contributed by atoms with Gasteiger partial charge in [0.15, 0.2) is 0 Å². The molecule has 86 valence electrons. The summed E-state index contributed by atoms with van der Waals surface area (Å²) in [7, 11) is 0. The van der Waals surface area contributed by atoms with E-state index in [0.717, 1.165) is 29.7 Å². The Hall–Kier alpha value is -1.32. The first kappa shape index (κ1) is 11.2. The van der Waals surface area contributed by atoms with Crippen LogP contribution in [0.2, 0.25) is 0 Å². The Bertz CT molecular complexity index is 417. The maximum Gasteiger partial charge on any atom is 0.134 e. The van der Waals surface area contributed by atoms with Crippen molar-refractivity contribution < 1.29 is 4.42 Å². The van der Waals surface area contributed by atoms with E-state index in [1.165, 1.54) is 0 Å². The molecule has 0 aliphatic rings. The van der Waals surface area contributed by atoms with Crippen molar-refractivity contribution in [2.75, 3.05) is 6.54 Å². The Morgan fingerprint density at radius 1 is 1.38 bits per heavy atom. The van der Waals surface area contributed by atoms with Gasteiger partial charge < -0.3 is 15.5 Å². The van der Waals surface area contributed by atoms with Crippen molar-refractivity contribution in [2.45, 2.75) is 25.9 Å². The quantitative estimate of drug-likeness (QED) is 0.809. The summed E-state index contributed by atoms with van der Waals surface area (Å²) < 4.78 is 5.70. The maximum atomic E-state index is 5.70. The fourth-order valence-electron chi connectivity index (χ4n) is 1.75. The van der Waals surface area contributed by atoms with Crippen molar-refractivity contribution in [1.29, 1.82) is 0 Å². The van der Waals surface area contributed by atoms with Crippen molar-refractivity contribution in [3.63, 3.8) is 0 Å². The van der Waals surface area contributed by atoms with Crippen LogP contribution in [0, 0.1) is 0 Å². The Kier molecular flexibility index (Phi) is 3.59. The van der Waals surface area contributed by atoms with E-state index in [0.29, 0.717) is 12.6 Å². The van der Waals surface area contributed by atoms with Crippen LogP contribution in [-0.4, -0.2) is 12.6 Å². The summed E-state index contributed by atoms with van der Waals surface area (Å²) in [5.41, 5.74) is 6.45. The van der Waals surface area contributed by atoms with Crippen molar-refractivity contribution in [1.82, 2.24) is 5.32 Å². The highest BCUT2D eigenvalue weighted by atomic mass is 16.3. The summed E-state index contributed by atoms with van der Waals surface area (Å²) in [5, 5.41) is 4.55. The molecule has 0 fully saturated rings. The molecule has 3 heteroatoms. The van der Waals surface area contributed by atoms with Gasteiger partial charge in [0.1, 0.15) is 11.3 Å². The van der Waals surface area contributed by atoms with Crippen LogP contribution in [0.3, 0.4) is 0 Å². The van der Waals surface area contributed by atoms with Crippen LogP contribution in [0.25, 0.3) is 11.0 Å². The van der Waals surface area contributed by atoms with Crippen LogP contribution in [0.5, 0.6) is 0 Å². The zero-order valence-electron chi connectivity index (χ0n) is 9.57. The van der Waals surface area contributed by atoms with Gasteiger partial charge in [-0.25, -0.2) is 0 Å². The van der Waals surface area contributed by atoms with Gasteiger partial charge in [-0.15, -0.1) is 0 Å². The average Bonchev–Trinajstić information content (AvgIpc) is 2.69. The van der Waals surface area contributed by atoms with E-state index < -0.39 is 0 Å². The fourth-order valence-corrected chi connectivity index (χ4v) is 1.75. The topological polar surface area (TPSA) is 51.2 Å². The number of benzene rings is 1. The molecule has 0 saturated carbocycles. The molecule has 2 aromatic rings. The predicted octanol–water partition coefficient (Wildman–Crippen LogP) is 2.26. The average molecular weight is 218 g/mol. The Labute approximate surface area is 95.6 Å². The van der Waals surface area contributed by atoms with E-state index >= 15 is 0 Å². The zero-order chi connectivity index (χ0) is 11.4. The molecule has 0 aliphatic heterocycles. The Morgan fingerprint density at radius 3 is 2.94 bits per heavy atom. The van der Waals surface area contributed by atoms with Crippen LogP contribution in [-0.2, 0) is 6.54 Å². The van der Waals surface area contributed by atoms with E-state index in [4.69, 9.17) is 10.2 Å². The zero-order valence-corrected chi connectivity index (χ0v) is 9.57. The van der Waals surface area contributed by atoms with Gasteiger partial charge in [-0.1, -0.05) is 18.2 Å². The molecule has 1 unspecified atom stereocenters. The minimum absolute atomic E-state index is 0.429. The van der Waals surface area contributed by atoms with Crippen LogP contribution in [0.15, 0.2) is 34.7 Å². The van der Waals surface area contributed by atoms with Gasteiger partial charge in [0.2, 0.25) is 0 Å². The number of nitrogens with two attached hydrogens (primary N) is 1. The first-order chi connectivity index (χ1) is 7.79. The lowest BCUT2D eigenvalue weighted by atomic mass is 10.2. The summed E-state index contributed by atoms with van der Waals surface area (Å²) in [6.45, 7) is 3.61.